The van der Waals surface area contributed by atoms with Gasteiger partial charge in [0.05, 0.1) is 16.3 Å². The molecule has 1 amide bonds. The van der Waals surface area contributed by atoms with Crippen LogP contribution < -0.4 is 10.1 Å². The predicted molar refractivity (Wildman–Crippen MR) is 86.6 cm³/mol. The van der Waals surface area contributed by atoms with Gasteiger partial charge in [-0.1, -0.05) is 23.2 Å². The second-order valence-corrected chi connectivity index (χ2v) is 5.74. The monoisotopic (exact) mass is 377 g/mol. The van der Waals surface area contributed by atoms with E-state index in [1.807, 2.05) is 0 Å². The molecule has 2 aromatic rings. The summed E-state index contributed by atoms with van der Waals surface area (Å²) in [6, 6.07) is 9.01. The highest BCUT2D eigenvalue weighted by atomic mass is 35.5. The van der Waals surface area contributed by atoms with Gasteiger partial charge in [0.2, 0.25) is 0 Å². The molecule has 2 rings (SSSR count). The first-order chi connectivity index (χ1) is 11.2. The normalized spacial score (nSPS) is 12.6. The molecule has 2 aromatic carbocycles. The summed E-state index contributed by atoms with van der Waals surface area (Å²) in [7, 11) is 0. The number of alkyl halides is 3. The van der Waals surface area contributed by atoms with Gasteiger partial charge in [-0.2, -0.15) is 13.2 Å². The van der Waals surface area contributed by atoms with Gasteiger partial charge in [-0.05, 0) is 49.4 Å². The van der Waals surface area contributed by atoms with E-state index in [2.05, 4.69) is 5.32 Å². The number of anilines is 1. The maximum absolute atomic E-state index is 12.7. The summed E-state index contributed by atoms with van der Waals surface area (Å²) in [6.45, 7) is 1.46. The van der Waals surface area contributed by atoms with Gasteiger partial charge < -0.3 is 10.1 Å². The van der Waals surface area contributed by atoms with Crippen LogP contribution in [0.3, 0.4) is 0 Å². The number of hydrogen-bond acceptors (Lipinski definition) is 2. The SMILES string of the molecule is C[C@H](Oc1ccc(Cl)cc1)C(=O)Nc1cc(C(F)(F)F)ccc1Cl. The average Bonchev–Trinajstić information content (AvgIpc) is 2.50. The molecular weight excluding hydrogens is 366 g/mol. The van der Waals surface area contributed by atoms with Crippen molar-refractivity contribution in [3.05, 3.63) is 58.1 Å². The lowest BCUT2D eigenvalue weighted by Gasteiger charge is -2.16. The quantitative estimate of drug-likeness (QED) is 0.772. The predicted octanol–water partition coefficient (Wildman–Crippen LogP) is 5.42. The Morgan fingerprint density at radius 2 is 1.75 bits per heavy atom. The molecule has 0 bridgehead atoms. The van der Waals surface area contributed by atoms with Gasteiger partial charge in [0, 0.05) is 5.02 Å². The number of carbonyl (C=O) groups excluding carboxylic acids is 1. The summed E-state index contributed by atoms with van der Waals surface area (Å²) >= 11 is 11.6. The first kappa shape index (κ1) is 18.4. The van der Waals surface area contributed by atoms with Crippen LogP contribution in [0.4, 0.5) is 18.9 Å². The van der Waals surface area contributed by atoms with E-state index in [1.54, 1.807) is 24.3 Å². The van der Waals surface area contributed by atoms with Crippen LogP contribution in [-0.4, -0.2) is 12.0 Å². The molecule has 0 radical (unpaired) electrons. The molecule has 0 fully saturated rings. The highest BCUT2D eigenvalue weighted by Crippen LogP contribution is 2.33. The molecule has 1 atom stereocenters. The number of hydrogen-bond donors (Lipinski definition) is 1. The Labute approximate surface area is 146 Å². The van der Waals surface area contributed by atoms with E-state index in [9.17, 15) is 18.0 Å². The van der Waals surface area contributed by atoms with E-state index in [0.29, 0.717) is 10.8 Å². The molecule has 0 aromatic heterocycles. The first-order valence-corrected chi connectivity index (χ1v) is 7.52. The molecule has 0 aliphatic heterocycles. The molecule has 0 spiro atoms. The minimum absolute atomic E-state index is 0.00459. The molecule has 0 unspecified atom stereocenters. The van der Waals surface area contributed by atoms with Gasteiger partial charge in [-0.25, -0.2) is 0 Å². The van der Waals surface area contributed by atoms with Crippen molar-refractivity contribution in [2.75, 3.05) is 5.32 Å². The fourth-order valence-corrected chi connectivity index (χ4v) is 2.09. The lowest BCUT2D eigenvalue weighted by atomic mass is 10.2. The third kappa shape index (κ3) is 4.79. The Morgan fingerprint density at radius 3 is 2.33 bits per heavy atom. The van der Waals surface area contributed by atoms with Gasteiger partial charge in [-0.15, -0.1) is 0 Å². The molecule has 0 aliphatic rings. The van der Waals surface area contributed by atoms with Crippen LogP contribution in [0.2, 0.25) is 10.0 Å². The summed E-state index contributed by atoms with van der Waals surface area (Å²) in [5, 5.41) is 2.84. The van der Waals surface area contributed by atoms with Crippen molar-refractivity contribution < 1.29 is 22.7 Å². The minimum Gasteiger partial charge on any atom is -0.481 e. The molecule has 8 heteroatoms. The smallest absolute Gasteiger partial charge is 0.416 e. The van der Waals surface area contributed by atoms with Gasteiger partial charge >= 0.3 is 6.18 Å². The van der Waals surface area contributed by atoms with Crippen molar-refractivity contribution in [1.29, 1.82) is 0 Å². The summed E-state index contributed by atoms with van der Waals surface area (Å²) in [6.07, 6.45) is -5.48. The number of nitrogens with one attached hydrogen (secondary N) is 1. The van der Waals surface area contributed by atoms with E-state index in [-0.39, 0.29) is 10.7 Å². The molecule has 3 nitrogen and oxygen atoms in total. The van der Waals surface area contributed by atoms with Crippen LogP contribution in [0, 0.1) is 0 Å². The number of ether oxygens (including phenoxy) is 1. The summed E-state index contributed by atoms with van der Waals surface area (Å²) in [5.74, 6) is -0.233. The van der Waals surface area contributed by atoms with Crippen LogP contribution in [-0.2, 0) is 11.0 Å². The van der Waals surface area contributed by atoms with Gasteiger partial charge in [0.25, 0.3) is 5.91 Å². The number of rotatable bonds is 4. The van der Waals surface area contributed by atoms with Crippen LogP contribution in [0.25, 0.3) is 0 Å². The van der Waals surface area contributed by atoms with E-state index < -0.39 is 23.8 Å². The van der Waals surface area contributed by atoms with Crippen LogP contribution in [0.15, 0.2) is 42.5 Å². The Hall–Kier alpha value is -1.92. The van der Waals surface area contributed by atoms with E-state index in [1.165, 1.54) is 6.92 Å². The zero-order chi connectivity index (χ0) is 17.9. The largest absolute Gasteiger partial charge is 0.481 e. The third-order valence-electron chi connectivity index (χ3n) is 3.05. The number of halogens is 5. The summed E-state index contributed by atoms with van der Waals surface area (Å²) in [4.78, 5) is 12.1. The van der Waals surface area contributed by atoms with E-state index in [4.69, 9.17) is 27.9 Å². The Balaban J connectivity index is 2.09. The van der Waals surface area contributed by atoms with Crippen molar-refractivity contribution >= 4 is 34.8 Å². The van der Waals surface area contributed by atoms with Crippen molar-refractivity contribution in [1.82, 2.24) is 0 Å². The average molecular weight is 378 g/mol. The summed E-state index contributed by atoms with van der Waals surface area (Å²) < 4.78 is 43.6. The van der Waals surface area contributed by atoms with Crippen molar-refractivity contribution in [3.63, 3.8) is 0 Å². The highest BCUT2D eigenvalue weighted by Gasteiger charge is 2.31. The van der Waals surface area contributed by atoms with Crippen molar-refractivity contribution in [2.24, 2.45) is 0 Å². The number of benzene rings is 2. The Bertz CT molecular complexity index is 733. The van der Waals surface area contributed by atoms with Gasteiger partial charge in [0.15, 0.2) is 6.10 Å². The van der Waals surface area contributed by atoms with Crippen molar-refractivity contribution in [2.45, 2.75) is 19.2 Å². The molecule has 128 valence electrons. The Kier molecular flexibility index (Phi) is 5.62. The number of carbonyl (C=O) groups is 1. The number of amides is 1. The maximum Gasteiger partial charge on any atom is 0.416 e. The van der Waals surface area contributed by atoms with Crippen LogP contribution in [0.5, 0.6) is 5.75 Å². The fourth-order valence-electron chi connectivity index (χ4n) is 1.80. The molecule has 0 heterocycles. The molecule has 0 saturated carbocycles. The molecular formula is C16H12Cl2F3NO2. The topological polar surface area (TPSA) is 38.3 Å². The van der Waals surface area contributed by atoms with E-state index in [0.717, 1.165) is 18.2 Å². The maximum atomic E-state index is 12.7. The zero-order valence-electron chi connectivity index (χ0n) is 12.3. The molecule has 24 heavy (non-hydrogen) atoms. The standard InChI is InChI=1S/C16H12Cl2F3NO2/c1-9(24-12-5-3-11(17)4-6-12)15(23)22-14-8-10(16(19,20)21)2-7-13(14)18/h2-9H,1H3,(H,22,23)/t9-/m0/s1. The fraction of sp³-hybridized carbons (Fsp3) is 0.188. The minimum atomic E-state index is -4.53. The van der Waals surface area contributed by atoms with E-state index >= 15 is 0 Å². The second kappa shape index (κ2) is 7.32. The zero-order valence-corrected chi connectivity index (χ0v) is 13.8. The molecule has 0 aliphatic carbocycles. The van der Waals surface area contributed by atoms with Gasteiger partial charge in [0.1, 0.15) is 5.75 Å². The Morgan fingerprint density at radius 1 is 1.12 bits per heavy atom. The lowest BCUT2D eigenvalue weighted by Crippen LogP contribution is -2.30. The van der Waals surface area contributed by atoms with Crippen LogP contribution >= 0.6 is 23.2 Å². The highest BCUT2D eigenvalue weighted by molar-refractivity contribution is 6.33. The summed E-state index contributed by atoms with van der Waals surface area (Å²) in [5.41, 5.74) is -1.04. The van der Waals surface area contributed by atoms with Crippen molar-refractivity contribution in [3.8, 4) is 5.75 Å². The first-order valence-electron chi connectivity index (χ1n) is 6.76. The lowest BCUT2D eigenvalue weighted by molar-refractivity contribution is -0.137. The molecule has 0 saturated heterocycles. The third-order valence-corrected chi connectivity index (χ3v) is 3.63. The second-order valence-electron chi connectivity index (χ2n) is 4.90. The van der Waals surface area contributed by atoms with Crippen LogP contribution in [0.1, 0.15) is 12.5 Å². The van der Waals surface area contributed by atoms with Gasteiger partial charge in [-0.3, -0.25) is 4.79 Å². The molecule has 1 N–H and O–H groups in total.